The lowest BCUT2D eigenvalue weighted by atomic mass is 9.92. The molecule has 0 saturated carbocycles. The number of fused-ring (bicyclic) bond motifs is 1. The van der Waals surface area contributed by atoms with Crippen molar-refractivity contribution >= 4 is 28.4 Å². The number of rotatable bonds is 4. The molecule has 31 heavy (non-hydrogen) atoms. The average molecular weight is 426 g/mol. The number of ether oxygens (including phenoxy) is 1. The number of anilines is 1. The number of piperidine rings is 3. The molecule has 166 valence electrons. The normalized spacial score (nSPS) is 24.0. The minimum Gasteiger partial charge on any atom is -0.375 e. The maximum absolute atomic E-state index is 12.3. The van der Waals surface area contributed by atoms with Gasteiger partial charge in [-0.1, -0.05) is 0 Å². The molecule has 8 nitrogen and oxygen atoms in total. The first-order valence-electron chi connectivity index (χ1n) is 11.5. The molecule has 8 heteroatoms. The van der Waals surface area contributed by atoms with Crippen molar-refractivity contribution in [1.29, 1.82) is 0 Å². The number of nitrogens with one attached hydrogen (secondary N) is 2. The van der Waals surface area contributed by atoms with Gasteiger partial charge in [-0.25, -0.2) is 0 Å². The monoisotopic (exact) mass is 425 g/mol. The summed E-state index contributed by atoms with van der Waals surface area (Å²) in [5.41, 5.74) is 2.97. The Kier molecular flexibility index (Phi) is 5.67. The van der Waals surface area contributed by atoms with Crippen molar-refractivity contribution in [3.8, 4) is 0 Å². The molecule has 3 aliphatic rings. The van der Waals surface area contributed by atoms with E-state index in [0.29, 0.717) is 25.0 Å². The van der Waals surface area contributed by atoms with Gasteiger partial charge in [-0.05, 0) is 63.4 Å². The molecule has 4 heterocycles. The lowest BCUT2D eigenvalue weighted by molar-refractivity contribution is -0.134. The summed E-state index contributed by atoms with van der Waals surface area (Å²) in [4.78, 5) is 26.3. The summed E-state index contributed by atoms with van der Waals surface area (Å²) in [7, 11) is 1.92. The van der Waals surface area contributed by atoms with Crippen LogP contribution in [0.1, 0.15) is 50.1 Å². The Morgan fingerprint density at radius 1 is 1.03 bits per heavy atom. The first kappa shape index (κ1) is 20.5. The number of nitrogens with zero attached hydrogens (tertiary/aromatic N) is 3. The summed E-state index contributed by atoms with van der Waals surface area (Å²) in [6, 6.07) is 6.38. The fraction of sp³-hybridized carbons (Fsp3) is 0.609. The Bertz CT molecular complexity index is 973. The van der Waals surface area contributed by atoms with E-state index in [9.17, 15) is 9.59 Å². The van der Waals surface area contributed by atoms with Gasteiger partial charge in [0.05, 0.1) is 29.3 Å². The van der Waals surface area contributed by atoms with Crippen LogP contribution >= 0.6 is 0 Å². The number of aryl methyl sites for hydroxylation is 1. The topological polar surface area (TPSA) is 88.5 Å². The number of aromatic nitrogens is 2. The Hall–Kier alpha value is -2.45. The van der Waals surface area contributed by atoms with Crippen LogP contribution in [0.25, 0.3) is 10.9 Å². The van der Waals surface area contributed by atoms with E-state index in [1.165, 1.54) is 5.69 Å². The van der Waals surface area contributed by atoms with Crippen LogP contribution in [0, 0.1) is 0 Å². The molecule has 3 saturated heterocycles. The molecule has 1 aromatic heterocycles. The molecule has 0 radical (unpaired) electrons. The molecule has 1 atom stereocenters. The number of hydrogen-bond donors (Lipinski definition) is 2. The van der Waals surface area contributed by atoms with Gasteiger partial charge in [0.1, 0.15) is 0 Å². The Labute approximate surface area is 182 Å². The summed E-state index contributed by atoms with van der Waals surface area (Å²) < 4.78 is 8.20. The van der Waals surface area contributed by atoms with E-state index >= 15 is 0 Å². The van der Waals surface area contributed by atoms with Crippen molar-refractivity contribution < 1.29 is 14.3 Å². The highest BCUT2D eigenvalue weighted by molar-refractivity contribution is 6.02. The SMILES string of the molecule is Cn1nc(C2CCC(=O)NC2=O)c2ccc(N3CCC(OC4CCNCC4)CC3)cc21. The van der Waals surface area contributed by atoms with Crippen molar-refractivity contribution in [2.24, 2.45) is 7.05 Å². The molecule has 2 amide bonds. The van der Waals surface area contributed by atoms with Gasteiger partial charge in [0.2, 0.25) is 11.8 Å². The Morgan fingerprint density at radius 2 is 1.77 bits per heavy atom. The van der Waals surface area contributed by atoms with Gasteiger partial charge in [-0.15, -0.1) is 0 Å². The van der Waals surface area contributed by atoms with Crippen LogP contribution in [-0.2, 0) is 21.4 Å². The zero-order valence-corrected chi connectivity index (χ0v) is 18.1. The third-order valence-corrected chi connectivity index (χ3v) is 6.91. The second-order valence-electron chi connectivity index (χ2n) is 8.99. The number of carbonyl (C=O) groups excluding carboxylic acids is 2. The van der Waals surface area contributed by atoms with Gasteiger partial charge < -0.3 is 15.0 Å². The van der Waals surface area contributed by atoms with Gasteiger partial charge in [0.15, 0.2) is 0 Å². The van der Waals surface area contributed by atoms with Crippen LogP contribution < -0.4 is 15.5 Å². The Morgan fingerprint density at radius 3 is 2.52 bits per heavy atom. The molecular weight excluding hydrogens is 394 g/mol. The summed E-state index contributed by atoms with van der Waals surface area (Å²) in [6.07, 6.45) is 5.99. The van der Waals surface area contributed by atoms with Crippen molar-refractivity contribution in [2.45, 2.75) is 56.7 Å². The fourth-order valence-corrected chi connectivity index (χ4v) is 5.14. The third-order valence-electron chi connectivity index (χ3n) is 6.91. The zero-order chi connectivity index (χ0) is 21.4. The highest BCUT2D eigenvalue weighted by Gasteiger charge is 2.32. The quantitative estimate of drug-likeness (QED) is 0.727. The minimum atomic E-state index is -0.366. The highest BCUT2D eigenvalue weighted by atomic mass is 16.5. The molecule has 0 spiro atoms. The van der Waals surface area contributed by atoms with E-state index in [-0.39, 0.29) is 17.7 Å². The highest BCUT2D eigenvalue weighted by Crippen LogP contribution is 2.33. The lowest BCUT2D eigenvalue weighted by Crippen LogP contribution is -2.40. The van der Waals surface area contributed by atoms with Crippen LogP contribution in [0.4, 0.5) is 5.69 Å². The summed E-state index contributed by atoms with van der Waals surface area (Å²) in [6.45, 7) is 4.10. The minimum absolute atomic E-state index is 0.198. The molecule has 2 aromatic rings. The van der Waals surface area contributed by atoms with Crippen molar-refractivity contribution in [3.63, 3.8) is 0 Å². The largest absolute Gasteiger partial charge is 0.375 e. The van der Waals surface area contributed by atoms with Gasteiger partial charge in [-0.2, -0.15) is 5.10 Å². The number of amides is 2. The summed E-state index contributed by atoms with van der Waals surface area (Å²) in [5, 5.41) is 11.5. The van der Waals surface area contributed by atoms with Crippen LogP contribution in [0.5, 0.6) is 0 Å². The molecule has 0 bridgehead atoms. The van der Waals surface area contributed by atoms with E-state index in [2.05, 4.69) is 38.8 Å². The molecule has 2 N–H and O–H groups in total. The van der Waals surface area contributed by atoms with Crippen LogP contribution in [0.15, 0.2) is 18.2 Å². The molecule has 1 unspecified atom stereocenters. The number of hydrogen-bond acceptors (Lipinski definition) is 6. The Balaban J connectivity index is 1.28. The average Bonchev–Trinajstić information content (AvgIpc) is 3.11. The van der Waals surface area contributed by atoms with Crippen LogP contribution in [0.2, 0.25) is 0 Å². The molecule has 1 aromatic carbocycles. The molecule has 5 rings (SSSR count). The summed E-state index contributed by atoms with van der Waals surface area (Å²) in [5.74, 6) is -0.803. The second-order valence-corrected chi connectivity index (χ2v) is 8.99. The smallest absolute Gasteiger partial charge is 0.235 e. The molecule has 3 aliphatic heterocycles. The van der Waals surface area contributed by atoms with Crippen LogP contribution in [-0.4, -0.2) is 60.0 Å². The first-order chi connectivity index (χ1) is 15.1. The van der Waals surface area contributed by atoms with E-state index in [1.54, 1.807) is 0 Å². The summed E-state index contributed by atoms with van der Waals surface area (Å²) >= 11 is 0. The van der Waals surface area contributed by atoms with Gasteiger partial charge in [0.25, 0.3) is 0 Å². The number of imide groups is 1. The zero-order valence-electron chi connectivity index (χ0n) is 18.1. The molecule has 3 fully saturated rings. The van der Waals surface area contributed by atoms with E-state index < -0.39 is 0 Å². The van der Waals surface area contributed by atoms with Crippen molar-refractivity contribution in [2.75, 3.05) is 31.1 Å². The first-order valence-corrected chi connectivity index (χ1v) is 11.5. The maximum atomic E-state index is 12.3. The van der Waals surface area contributed by atoms with Gasteiger partial charge >= 0.3 is 0 Å². The van der Waals surface area contributed by atoms with Crippen molar-refractivity contribution in [3.05, 3.63) is 23.9 Å². The fourth-order valence-electron chi connectivity index (χ4n) is 5.14. The molecule has 0 aliphatic carbocycles. The number of carbonyl (C=O) groups is 2. The van der Waals surface area contributed by atoms with Gasteiger partial charge in [0, 0.05) is 37.6 Å². The lowest BCUT2D eigenvalue weighted by Gasteiger charge is -2.36. The number of benzene rings is 1. The third kappa shape index (κ3) is 4.19. The second kappa shape index (κ2) is 8.59. The molecular formula is C23H31N5O3. The van der Waals surface area contributed by atoms with Gasteiger partial charge in [-0.3, -0.25) is 19.6 Å². The van der Waals surface area contributed by atoms with E-state index in [0.717, 1.165) is 68.5 Å². The standard InChI is InChI=1S/C23H31N5O3/c1-27-20-14-15(28-12-8-17(9-13-28)31-16-6-10-24-11-7-16)2-3-18(20)22(26-27)19-4-5-21(29)25-23(19)30/h2-3,14,16-17,19,24H,4-13H2,1H3,(H,25,29,30). The van der Waals surface area contributed by atoms with E-state index in [1.807, 2.05) is 11.7 Å². The van der Waals surface area contributed by atoms with Crippen molar-refractivity contribution in [1.82, 2.24) is 20.4 Å². The van der Waals surface area contributed by atoms with Crippen LogP contribution in [0.3, 0.4) is 0 Å². The maximum Gasteiger partial charge on any atom is 0.235 e. The predicted molar refractivity (Wildman–Crippen MR) is 118 cm³/mol. The predicted octanol–water partition coefficient (Wildman–Crippen LogP) is 1.83. The van der Waals surface area contributed by atoms with E-state index in [4.69, 9.17) is 4.74 Å².